The number of carbonyl (C=O) groups excluding carboxylic acids is 1. The summed E-state index contributed by atoms with van der Waals surface area (Å²) in [7, 11) is 0. The average Bonchev–Trinajstić information content (AvgIpc) is 2.78. The van der Waals surface area contributed by atoms with Crippen LogP contribution in [0.5, 0.6) is 0 Å². The van der Waals surface area contributed by atoms with E-state index < -0.39 is 5.82 Å². The van der Waals surface area contributed by atoms with Crippen molar-refractivity contribution in [1.29, 1.82) is 0 Å². The molecule has 0 fully saturated rings. The van der Waals surface area contributed by atoms with Gasteiger partial charge in [-0.2, -0.15) is 5.10 Å². The highest BCUT2D eigenvalue weighted by atomic mass is 79.9. The van der Waals surface area contributed by atoms with Gasteiger partial charge in [0.15, 0.2) is 0 Å². The van der Waals surface area contributed by atoms with Gasteiger partial charge in [-0.15, -0.1) is 0 Å². The Balaban J connectivity index is 1.93. The van der Waals surface area contributed by atoms with Crippen molar-refractivity contribution in [2.45, 2.75) is 6.54 Å². The Morgan fingerprint density at radius 2 is 2.32 bits per heavy atom. The summed E-state index contributed by atoms with van der Waals surface area (Å²) < 4.78 is 15.1. The van der Waals surface area contributed by atoms with Gasteiger partial charge in [0.25, 0.3) is 5.91 Å². The van der Waals surface area contributed by atoms with Crippen LogP contribution in [0, 0.1) is 5.82 Å². The van der Waals surface area contributed by atoms with Crippen LogP contribution < -0.4 is 11.1 Å². The van der Waals surface area contributed by atoms with Gasteiger partial charge < -0.3 is 11.1 Å². The first kappa shape index (κ1) is 13.5. The lowest BCUT2D eigenvalue weighted by atomic mass is 10.2. The van der Waals surface area contributed by atoms with Crippen LogP contribution >= 0.6 is 15.9 Å². The van der Waals surface area contributed by atoms with Gasteiger partial charge in [0.05, 0.1) is 28.5 Å². The van der Waals surface area contributed by atoms with Crippen molar-refractivity contribution in [3.8, 4) is 0 Å². The molecule has 7 heteroatoms. The molecule has 0 aliphatic heterocycles. The molecule has 0 bridgehead atoms. The minimum absolute atomic E-state index is 0.163. The molecule has 100 valence electrons. The molecule has 1 aromatic heterocycles. The van der Waals surface area contributed by atoms with Gasteiger partial charge in [-0.05, 0) is 28.1 Å². The van der Waals surface area contributed by atoms with Crippen LogP contribution in [0.15, 0.2) is 35.1 Å². The van der Waals surface area contributed by atoms with Crippen LogP contribution in [0.4, 0.5) is 10.1 Å². The Morgan fingerprint density at radius 1 is 1.53 bits per heavy atom. The molecule has 2 rings (SSSR count). The summed E-state index contributed by atoms with van der Waals surface area (Å²) in [6.45, 7) is 0.874. The number of nitrogen functional groups attached to an aromatic ring is 1. The predicted molar refractivity (Wildman–Crippen MR) is 73.1 cm³/mol. The zero-order chi connectivity index (χ0) is 13.8. The molecular weight excluding hydrogens is 315 g/mol. The molecule has 0 atom stereocenters. The molecule has 1 aromatic carbocycles. The van der Waals surface area contributed by atoms with Gasteiger partial charge in [-0.3, -0.25) is 9.48 Å². The molecule has 0 saturated heterocycles. The van der Waals surface area contributed by atoms with E-state index in [1.54, 1.807) is 16.9 Å². The average molecular weight is 327 g/mol. The summed E-state index contributed by atoms with van der Waals surface area (Å²) in [4.78, 5) is 11.9. The van der Waals surface area contributed by atoms with Gasteiger partial charge in [-0.1, -0.05) is 6.07 Å². The van der Waals surface area contributed by atoms with Gasteiger partial charge in [0, 0.05) is 12.7 Å². The summed E-state index contributed by atoms with van der Waals surface area (Å²) in [5.74, 6) is -0.806. The number of nitrogens with zero attached hydrogens (tertiary/aromatic N) is 2. The predicted octanol–water partition coefficient (Wildman–Crippen LogP) is 1.80. The molecule has 0 radical (unpaired) electrons. The topological polar surface area (TPSA) is 72.9 Å². The first-order valence-electron chi connectivity index (χ1n) is 5.58. The zero-order valence-electron chi connectivity index (χ0n) is 9.94. The largest absolute Gasteiger partial charge is 0.396 e. The minimum Gasteiger partial charge on any atom is -0.396 e. The Bertz CT molecular complexity index is 599. The van der Waals surface area contributed by atoms with Gasteiger partial charge in [0.1, 0.15) is 5.82 Å². The van der Waals surface area contributed by atoms with Gasteiger partial charge >= 0.3 is 0 Å². The van der Waals surface area contributed by atoms with Crippen molar-refractivity contribution in [2.75, 3.05) is 12.3 Å². The number of benzene rings is 1. The number of anilines is 1. The van der Waals surface area contributed by atoms with Crippen LogP contribution in [0.3, 0.4) is 0 Å². The molecular formula is C12H12BrFN4O. The van der Waals surface area contributed by atoms with Crippen LogP contribution in [-0.2, 0) is 6.54 Å². The number of rotatable bonds is 4. The lowest BCUT2D eigenvalue weighted by Gasteiger charge is -2.07. The van der Waals surface area contributed by atoms with Crippen LogP contribution in [-0.4, -0.2) is 22.2 Å². The van der Waals surface area contributed by atoms with E-state index in [4.69, 9.17) is 5.73 Å². The number of nitrogens with one attached hydrogen (secondary N) is 1. The first-order valence-corrected chi connectivity index (χ1v) is 6.37. The van der Waals surface area contributed by atoms with Crippen LogP contribution in [0.25, 0.3) is 0 Å². The van der Waals surface area contributed by atoms with Gasteiger partial charge in [0.2, 0.25) is 0 Å². The molecule has 3 N–H and O–H groups in total. The summed E-state index contributed by atoms with van der Waals surface area (Å²) in [5.41, 5.74) is 6.35. The number of aromatic nitrogens is 2. The molecule has 0 unspecified atom stereocenters. The second-order valence-corrected chi connectivity index (χ2v) is 4.69. The maximum absolute atomic E-state index is 13.3. The summed E-state index contributed by atoms with van der Waals surface area (Å²) in [6.07, 6.45) is 3.20. The molecule has 0 aliphatic rings. The lowest BCUT2D eigenvalue weighted by molar-refractivity contribution is 0.0950. The quantitative estimate of drug-likeness (QED) is 0.899. The fourth-order valence-corrected chi connectivity index (χ4v) is 2.00. The smallest absolute Gasteiger partial charge is 0.252 e. The first-order chi connectivity index (χ1) is 9.08. The Hall–Kier alpha value is -1.89. The van der Waals surface area contributed by atoms with Crippen LogP contribution in [0.2, 0.25) is 0 Å². The highest BCUT2D eigenvalue weighted by Crippen LogP contribution is 2.20. The molecule has 5 nitrogen and oxygen atoms in total. The van der Waals surface area contributed by atoms with Crippen molar-refractivity contribution in [2.24, 2.45) is 0 Å². The molecule has 0 spiro atoms. The van der Waals surface area contributed by atoms with Crippen molar-refractivity contribution < 1.29 is 9.18 Å². The Morgan fingerprint density at radius 3 is 3.00 bits per heavy atom. The third-order valence-corrected chi connectivity index (χ3v) is 3.28. The SMILES string of the molecule is Nc1cnn(CCNC(=O)c2cccc(F)c2Br)c1. The Kier molecular flexibility index (Phi) is 4.16. The van der Waals surface area contributed by atoms with Crippen molar-refractivity contribution in [1.82, 2.24) is 15.1 Å². The number of hydrogen-bond acceptors (Lipinski definition) is 3. The van der Waals surface area contributed by atoms with E-state index in [1.165, 1.54) is 18.3 Å². The van der Waals surface area contributed by atoms with Crippen molar-refractivity contribution in [3.05, 3.63) is 46.4 Å². The lowest BCUT2D eigenvalue weighted by Crippen LogP contribution is -2.27. The minimum atomic E-state index is -0.465. The van der Waals surface area contributed by atoms with Gasteiger partial charge in [-0.25, -0.2) is 4.39 Å². The molecule has 19 heavy (non-hydrogen) atoms. The van der Waals surface area contributed by atoms with Crippen molar-refractivity contribution in [3.63, 3.8) is 0 Å². The molecule has 1 amide bonds. The maximum atomic E-state index is 13.3. The maximum Gasteiger partial charge on any atom is 0.252 e. The number of nitrogens with two attached hydrogens (primary N) is 1. The molecule has 0 aliphatic carbocycles. The second-order valence-electron chi connectivity index (χ2n) is 3.89. The van der Waals surface area contributed by atoms with E-state index in [-0.39, 0.29) is 15.9 Å². The highest BCUT2D eigenvalue weighted by Gasteiger charge is 2.12. The highest BCUT2D eigenvalue weighted by molar-refractivity contribution is 9.10. The third kappa shape index (κ3) is 3.31. The van der Waals surface area contributed by atoms with E-state index in [0.717, 1.165) is 0 Å². The van der Waals surface area contributed by atoms with E-state index >= 15 is 0 Å². The number of halogens is 2. The zero-order valence-corrected chi connectivity index (χ0v) is 11.5. The number of carbonyl (C=O) groups is 1. The molecule has 0 saturated carbocycles. The molecule has 2 aromatic rings. The second kappa shape index (κ2) is 5.83. The number of amides is 1. The normalized spacial score (nSPS) is 10.4. The fraction of sp³-hybridized carbons (Fsp3) is 0.167. The standard InChI is InChI=1S/C12H12BrFN4O/c13-11-9(2-1-3-10(11)14)12(19)16-4-5-18-7-8(15)6-17-18/h1-3,6-7H,4-5,15H2,(H,16,19). The van der Waals surface area contributed by atoms with E-state index in [0.29, 0.717) is 18.8 Å². The number of hydrogen-bond donors (Lipinski definition) is 2. The molecule has 1 heterocycles. The summed E-state index contributed by atoms with van der Waals surface area (Å²) >= 11 is 3.05. The summed E-state index contributed by atoms with van der Waals surface area (Å²) in [6, 6.07) is 4.32. The monoisotopic (exact) mass is 326 g/mol. The van der Waals surface area contributed by atoms with Crippen LogP contribution in [0.1, 0.15) is 10.4 Å². The Labute approximate surface area is 117 Å². The van der Waals surface area contributed by atoms with E-state index in [2.05, 4.69) is 26.3 Å². The van der Waals surface area contributed by atoms with E-state index in [9.17, 15) is 9.18 Å². The van der Waals surface area contributed by atoms with E-state index in [1.807, 2.05) is 0 Å². The fourth-order valence-electron chi connectivity index (χ4n) is 1.56. The summed E-state index contributed by atoms with van der Waals surface area (Å²) in [5, 5.41) is 6.68. The van der Waals surface area contributed by atoms with Crippen molar-refractivity contribution >= 4 is 27.5 Å². The third-order valence-electron chi connectivity index (χ3n) is 2.48.